The van der Waals surface area contributed by atoms with Crippen LogP contribution in [-0.4, -0.2) is 94.5 Å². The van der Waals surface area contributed by atoms with Crippen LogP contribution < -0.4 is 0 Å². The third-order valence-corrected chi connectivity index (χ3v) is 12.7. The van der Waals surface area contributed by atoms with Crippen molar-refractivity contribution in [1.29, 1.82) is 0 Å². The zero-order valence-electron chi connectivity index (χ0n) is 33.2. The topological polar surface area (TPSA) is 181 Å². The highest BCUT2D eigenvalue weighted by molar-refractivity contribution is 5.91. The molecule has 0 aromatic heterocycles. The van der Waals surface area contributed by atoms with E-state index in [0.717, 1.165) is 0 Å². The van der Waals surface area contributed by atoms with E-state index in [4.69, 9.17) is 28.4 Å². The summed E-state index contributed by atoms with van der Waals surface area (Å²) in [7, 11) is 0. The number of carbonyl (C=O) groups is 5. The lowest BCUT2D eigenvalue weighted by Gasteiger charge is -2.65. The molecule has 4 aliphatic rings. The Morgan fingerprint density at radius 1 is 0.724 bits per heavy atom. The first-order valence-corrected chi connectivity index (χ1v) is 19.3. The molecule has 0 radical (unpaired) electrons. The lowest BCUT2D eigenvalue weighted by molar-refractivity contribution is -0.350. The Balaban J connectivity index is 1.55. The summed E-state index contributed by atoms with van der Waals surface area (Å²) in [5.74, 6) is -5.10. The Bertz CT molecular complexity index is 2110. The third kappa shape index (κ3) is 6.58. The minimum Gasteiger partial charge on any atom is -0.458 e. The van der Waals surface area contributed by atoms with Crippen molar-refractivity contribution in [3.63, 3.8) is 0 Å². The van der Waals surface area contributed by atoms with Crippen molar-refractivity contribution in [2.24, 2.45) is 16.7 Å². The van der Waals surface area contributed by atoms with Gasteiger partial charge < -0.3 is 38.6 Å². The highest BCUT2D eigenvalue weighted by atomic mass is 16.6. The van der Waals surface area contributed by atoms with Crippen molar-refractivity contribution in [1.82, 2.24) is 0 Å². The molecular formula is C45H48O13. The number of aliphatic hydroxyl groups is 2. The Labute approximate surface area is 336 Å². The van der Waals surface area contributed by atoms with Gasteiger partial charge in [-0.1, -0.05) is 61.5 Å². The fourth-order valence-electron chi connectivity index (χ4n) is 10.2. The number of hydrogen-bond donors (Lipinski definition) is 2. The van der Waals surface area contributed by atoms with Crippen LogP contribution in [0.3, 0.4) is 0 Å². The summed E-state index contributed by atoms with van der Waals surface area (Å²) in [6, 6.07) is 24.5. The van der Waals surface area contributed by atoms with E-state index in [1.54, 1.807) is 92.7 Å². The van der Waals surface area contributed by atoms with Gasteiger partial charge in [0.25, 0.3) is 0 Å². The molecule has 3 aromatic carbocycles. The number of carbonyl (C=O) groups excluding carboxylic acids is 5. The first-order chi connectivity index (χ1) is 27.5. The van der Waals surface area contributed by atoms with E-state index < -0.39 is 94.4 Å². The van der Waals surface area contributed by atoms with Crippen LogP contribution >= 0.6 is 0 Å². The summed E-state index contributed by atoms with van der Waals surface area (Å²) in [6.07, 6.45) is -8.57. The van der Waals surface area contributed by atoms with E-state index in [2.05, 4.69) is 0 Å². The molecule has 1 unspecified atom stereocenters. The second-order valence-corrected chi connectivity index (χ2v) is 16.4. The summed E-state index contributed by atoms with van der Waals surface area (Å²) in [6.45, 7) is 8.49. The summed E-state index contributed by atoms with van der Waals surface area (Å²) >= 11 is 0. The maximum Gasteiger partial charge on any atom is 0.338 e. The number of benzene rings is 3. The third-order valence-electron chi connectivity index (χ3n) is 12.7. The van der Waals surface area contributed by atoms with Gasteiger partial charge in [0.2, 0.25) is 0 Å². The van der Waals surface area contributed by atoms with E-state index in [1.165, 1.54) is 39.8 Å². The maximum atomic E-state index is 14.5. The van der Waals surface area contributed by atoms with Gasteiger partial charge >= 0.3 is 29.8 Å². The lowest BCUT2D eigenvalue weighted by atomic mass is 9.49. The average molecular weight is 797 g/mol. The first-order valence-electron chi connectivity index (χ1n) is 19.3. The van der Waals surface area contributed by atoms with Crippen molar-refractivity contribution in [2.45, 2.75) is 102 Å². The van der Waals surface area contributed by atoms with Crippen LogP contribution in [-0.2, 0) is 38.0 Å². The number of esters is 5. The Morgan fingerprint density at radius 2 is 1.21 bits per heavy atom. The Hall–Kier alpha value is -5.37. The van der Waals surface area contributed by atoms with E-state index in [1.807, 2.05) is 0 Å². The largest absolute Gasteiger partial charge is 0.458 e. The second-order valence-electron chi connectivity index (χ2n) is 16.4. The number of rotatable bonds is 9. The Kier molecular flexibility index (Phi) is 10.6. The van der Waals surface area contributed by atoms with Crippen LogP contribution in [0.1, 0.15) is 85.5 Å². The van der Waals surface area contributed by atoms with Crippen molar-refractivity contribution >= 4 is 29.8 Å². The molecule has 3 aliphatic carbocycles. The standard InChI is InChI=1S/C45H48O13/c1-25-31(54-26(2)46)23-44(42(4,5)52)34(25)35(48)37(56-40(50)29-18-12-8-13-19-29)43(6)32(55-39(49)28-16-10-7-11-17-28)22-33-45(24-53-33,58-27(3)47)36(43)38(44)57-41(51)30-20-14-9-15-21-30/h7-21,31-33,35-38,48,52H,22-24H2,1-6H3/t31-,32-,33+,35+,36?,37-,38-,43+,44-,45-/m0/s1. The predicted octanol–water partition coefficient (Wildman–Crippen LogP) is 5.17. The fraction of sp³-hybridized carbons (Fsp3) is 0.444. The van der Waals surface area contributed by atoms with Gasteiger partial charge in [0, 0.05) is 26.7 Å². The summed E-state index contributed by atoms with van der Waals surface area (Å²) in [5, 5.41) is 25.8. The molecule has 3 aromatic rings. The van der Waals surface area contributed by atoms with E-state index in [0.29, 0.717) is 5.57 Å². The van der Waals surface area contributed by atoms with Crippen molar-refractivity contribution in [3.8, 4) is 0 Å². The minimum atomic E-state index is -1.91. The molecule has 2 N–H and O–H groups in total. The molecular weight excluding hydrogens is 748 g/mol. The number of ether oxygens (including phenoxy) is 6. The van der Waals surface area contributed by atoms with E-state index in [9.17, 15) is 34.2 Å². The zero-order valence-corrected chi connectivity index (χ0v) is 33.2. The van der Waals surface area contributed by atoms with Gasteiger partial charge in [-0.3, -0.25) is 9.59 Å². The zero-order chi connectivity index (χ0) is 41.8. The van der Waals surface area contributed by atoms with Crippen molar-refractivity contribution in [3.05, 3.63) is 119 Å². The molecule has 13 heteroatoms. The fourth-order valence-corrected chi connectivity index (χ4v) is 10.2. The molecule has 7 rings (SSSR count). The van der Waals surface area contributed by atoms with E-state index >= 15 is 0 Å². The molecule has 3 fully saturated rings. The Morgan fingerprint density at radius 3 is 1.64 bits per heavy atom. The van der Waals surface area contributed by atoms with Gasteiger partial charge in [0.15, 0.2) is 5.60 Å². The van der Waals surface area contributed by atoms with Gasteiger partial charge in [-0.2, -0.15) is 0 Å². The predicted molar refractivity (Wildman–Crippen MR) is 205 cm³/mol. The summed E-state index contributed by atoms with van der Waals surface area (Å²) < 4.78 is 37.9. The van der Waals surface area contributed by atoms with Crippen LogP contribution in [0.15, 0.2) is 102 Å². The van der Waals surface area contributed by atoms with E-state index in [-0.39, 0.29) is 41.7 Å². The maximum absolute atomic E-state index is 14.5. The molecule has 58 heavy (non-hydrogen) atoms. The molecule has 306 valence electrons. The van der Waals surface area contributed by atoms with Crippen LogP contribution in [0, 0.1) is 16.7 Å². The molecule has 1 heterocycles. The molecule has 0 bridgehead atoms. The first kappa shape index (κ1) is 40.8. The second kappa shape index (κ2) is 15.1. The average Bonchev–Trinajstić information content (AvgIpc) is 3.45. The smallest absolute Gasteiger partial charge is 0.338 e. The van der Waals surface area contributed by atoms with Crippen LogP contribution in [0.25, 0.3) is 0 Å². The van der Waals surface area contributed by atoms with Gasteiger partial charge in [0.1, 0.15) is 36.6 Å². The number of aliphatic hydroxyl groups excluding tert-OH is 1. The molecule has 13 nitrogen and oxygen atoms in total. The van der Waals surface area contributed by atoms with Gasteiger partial charge in [0.05, 0.1) is 45.6 Å². The molecule has 0 amide bonds. The van der Waals surface area contributed by atoms with Gasteiger partial charge in [-0.25, -0.2) is 14.4 Å². The minimum absolute atomic E-state index is 0.0894. The number of hydrogen-bond acceptors (Lipinski definition) is 13. The SMILES string of the molecule is CC(=O)O[C@H]1C[C@]2(C(C)(C)O)C(=C1C)[C@@H](O)[C@H](OC(=O)c1ccccc1)[C@@]1(C)C([C@@H]2OC(=O)c2ccccc2)[C@]2(OC(C)=O)CO[C@@H]2C[C@@H]1OC(=O)c1ccccc1. The molecule has 1 aliphatic heterocycles. The normalized spacial score (nSPS) is 32.5. The molecule has 0 spiro atoms. The number of fused-ring (bicyclic) bond motifs is 4. The van der Waals surface area contributed by atoms with Crippen LogP contribution in [0.4, 0.5) is 0 Å². The van der Waals surface area contributed by atoms with Gasteiger partial charge in [-0.15, -0.1) is 0 Å². The molecule has 2 saturated carbocycles. The quantitative estimate of drug-likeness (QED) is 0.165. The highest BCUT2D eigenvalue weighted by Gasteiger charge is 2.80. The summed E-state index contributed by atoms with van der Waals surface area (Å²) in [5.41, 5.74) is -6.26. The van der Waals surface area contributed by atoms with Crippen LogP contribution in [0.2, 0.25) is 0 Å². The molecule has 10 atom stereocenters. The van der Waals surface area contributed by atoms with Crippen molar-refractivity contribution in [2.75, 3.05) is 6.61 Å². The lowest BCUT2D eigenvalue weighted by Crippen LogP contribution is -2.79. The monoisotopic (exact) mass is 796 g/mol. The molecule has 1 saturated heterocycles. The van der Waals surface area contributed by atoms with Crippen LogP contribution in [0.5, 0.6) is 0 Å². The van der Waals surface area contributed by atoms with Crippen molar-refractivity contribution < 1.29 is 62.6 Å². The highest BCUT2D eigenvalue weighted by Crippen LogP contribution is 2.69. The summed E-state index contributed by atoms with van der Waals surface area (Å²) in [4.78, 5) is 68.8. The van der Waals surface area contributed by atoms with Gasteiger partial charge in [-0.05, 0) is 68.3 Å².